The minimum atomic E-state index is -0.394. The molecule has 0 spiro atoms. The van der Waals surface area contributed by atoms with Crippen molar-refractivity contribution in [3.05, 3.63) is 82.4 Å². The van der Waals surface area contributed by atoms with Crippen LogP contribution in [-0.4, -0.2) is 11.6 Å². The first kappa shape index (κ1) is 17.1. The molecular weight excluding hydrogens is 334 g/mol. The molecule has 0 atom stereocenters. The zero-order chi connectivity index (χ0) is 18.8. The van der Waals surface area contributed by atoms with Crippen LogP contribution in [-0.2, 0) is 4.74 Å². The number of aromatic nitrogens is 1. The number of hydrogen-bond acceptors (Lipinski definition) is 3. The molecule has 3 nitrogen and oxygen atoms in total. The molecule has 1 aliphatic rings. The number of benzene rings is 2. The maximum atomic E-state index is 12.8. The van der Waals surface area contributed by atoms with E-state index in [9.17, 15) is 5.11 Å². The minimum absolute atomic E-state index is 0.313. The SMILES string of the molecule is CCO/C([O-])=c1\nc(-c2ccccc2C)c2c(c1-c1ccccc1)C=CC=2. The summed E-state index contributed by atoms with van der Waals surface area (Å²) in [5.74, 6) is -0.394. The van der Waals surface area contributed by atoms with Gasteiger partial charge in [-0.1, -0.05) is 79.7 Å². The van der Waals surface area contributed by atoms with Crippen molar-refractivity contribution >= 4 is 18.1 Å². The van der Waals surface area contributed by atoms with Gasteiger partial charge in [0.2, 0.25) is 0 Å². The van der Waals surface area contributed by atoms with Crippen LogP contribution in [0.2, 0.25) is 0 Å². The van der Waals surface area contributed by atoms with E-state index >= 15 is 0 Å². The van der Waals surface area contributed by atoms with Gasteiger partial charge in [-0.3, -0.25) is 0 Å². The van der Waals surface area contributed by atoms with Gasteiger partial charge in [0, 0.05) is 16.3 Å². The van der Waals surface area contributed by atoms with E-state index in [0.717, 1.165) is 38.7 Å². The molecule has 0 saturated carbocycles. The van der Waals surface area contributed by atoms with Crippen molar-refractivity contribution in [3.63, 3.8) is 0 Å². The second kappa shape index (κ2) is 7.12. The molecule has 27 heavy (non-hydrogen) atoms. The highest BCUT2D eigenvalue weighted by atomic mass is 16.6. The molecule has 0 unspecified atom stereocenters. The average molecular weight is 354 g/mol. The summed E-state index contributed by atoms with van der Waals surface area (Å²) in [6, 6.07) is 18.0. The molecule has 0 aliphatic heterocycles. The summed E-state index contributed by atoms with van der Waals surface area (Å²) in [4.78, 5) is 4.82. The molecule has 0 amide bonds. The van der Waals surface area contributed by atoms with Crippen LogP contribution in [0.4, 0.5) is 0 Å². The van der Waals surface area contributed by atoms with Crippen molar-refractivity contribution in [2.45, 2.75) is 13.8 Å². The van der Waals surface area contributed by atoms with E-state index in [1.165, 1.54) is 0 Å². The number of fused-ring (bicyclic) bond motifs is 1. The minimum Gasteiger partial charge on any atom is -0.612 e. The second-order valence-electron chi connectivity index (χ2n) is 6.44. The average Bonchev–Trinajstić information content (AvgIpc) is 3.18. The summed E-state index contributed by atoms with van der Waals surface area (Å²) in [6.07, 6.45) is 6.12. The lowest BCUT2D eigenvalue weighted by atomic mass is 9.96. The molecule has 0 bridgehead atoms. The highest BCUT2D eigenvalue weighted by molar-refractivity contribution is 5.85. The van der Waals surface area contributed by atoms with Gasteiger partial charge < -0.3 is 9.84 Å². The van der Waals surface area contributed by atoms with Gasteiger partial charge in [0.25, 0.3) is 0 Å². The van der Waals surface area contributed by atoms with Crippen LogP contribution in [0.5, 0.6) is 0 Å². The van der Waals surface area contributed by atoms with Crippen molar-refractivity contribution in [1.82, 2.24) is 4.98 Å². The van der Waals surface area contributed by atoms with Gasteiger partial charge >= 0.3 is 0 Å². The predicted octanol–water partition coefficient (Wildman–Crippen LogP) is 2.99. The Morgan fingerprint density at radius 2 is 1.78 bits per heavy atom. The molecule has 0 radical (unpaired) electrons. The number of rotatable bonds is 4. The largest absolute Gasteiger partial charge is 0.612 e. The van der Waals surface area contributed by atoms with Gasteiger partial charge in [-0.15, -0.1) is 0 Å². The number of pyridine rings is 1. The van der Waals surface area contributed by atoms with E-state index in [2.05, 4.69) is 19.1 Å². The number of hydrogen-bond donors (Lipinski definition) is 0. The molecule has 1 heterocycles. The molecule has 0 N–H and O–H groups in total. The lowest BCUT2D eigenvalue weighted by molar-refractivity contribution is -0.291. The maximum Gasteiger partial charge on any atom is 0.0938 e. The molecule has 3 aromatic rings. The summed E-state index contributed by atoms with van der Waals surface area (Å²) in [6.45, 7) is 4.18. The molecule has 2 aromatic carbocycles. The Labute approximate surface area is 158 Å². The Morgan fingerprint density at radius 3 is 2.52 bits per heavy atom. The Bertz CT molecular complexity index is 1140. The van der Waals surface area contributed by atoms with Gasteiger partial charge in [0.05, 0.1) is 17.0 Å². The van der Waals surface area contributed by atoms with Crippen molar-refractivity contribution in [2.75, 3.05) is 6.61 Å². The smallest absolute Gasteiger partial charge is 0.0938 e. The fourth-order valence-corrected chi connectivity index (χ4v) is 3.49. The Balaban J connectivity index is 2.13. The lowest BCUT2D eigenvalue weighted by Crippen LogP contribution is -2.29. The zero-order valence-electron chi connectivity index (χ0n) is 15.4. The summed E-state index contributed by atoms with van der Waals surface area (Å²) < 4.78 is 5.34. The van der Waals surface area contributed by atoms with E-state index in [1.807, 2.05) is 67.6 Å². The Hall–Kier alpha value is -3.33. The molecular formula is C24H20NO2-. The molecule has 134 valence electrons. The number of aryl methyl sites for hydroxylation is 1. The van der Waals surface area contributed by atoms with Gasteiger partial charge in [-0.05, 0) is 30.2 Å². The summed E-state index contributed by atoms with van der Waals surface area (Å²) in [5, 5.41) is 14.2. The third kappa shape index (κ3) is 3.02. The molecule has 0 saturated heterocycles. The van der Waals surface area contributed by atoms with E-state index in [-0.39, 0.29) is 0 Å². The van der Waals surface area contributed by atoms with Crippen LogP contribution in [0.25, 0.3) is 40.5 Å². The van der Waals surface area contributed by atoms with Gasteiger partial charge in [-0.2, -0.15) is 0 Å². The van der Waals surface area contributed by atoms with Crippen molar-refractivity contribution in [3.8, 4) is 22.4 Å². The topological polar surface area (TPSA) is 45.2 Å². The van der Waals surface area contributed by atoms with Crippen LogP contribution in [0, 0.1) is 6.92 Å². The fourth-order valence-electron chi connectivity index (χ4n) is 3.49. The fraction of sp³-hybridized carbons (Fsp3) is 0.125. The summed E-state index contributed by atoms with van der Waals surface area (Å²) in [5.41, 5.74) is 5.76. The predicted molar refractivity (Wildman–Crippen MR) is 108 cm³/mol. The first-order valence-corrected chi connectivity index (χ1v) is 9.08. The third-order valence-electron chi connectivity index (χ3n) is 4.73. The van der Waals surface area contributed by atoms with Crippen LogP contribution in [0.3, 0.4) is 0 Å². The normalized spacial score (nSPS) is 13.1. The highest BCUT2D eigenvalue weighted by Crippen LogP contribution is 2.25. The van der Waals surface area contributed by atoms with Crippen molar-refractivity contribution in [1.29, 1.82) is 0 Å². The standard InChI is InChI=1S/C24H21NO2/c1-3-27-24(26)23-21(17-11-5-4-6-12-17)19-14-9-15-20(19)22(25-23)18-13-8-7-10-16(18)2/h4-15,26H,3H2,1-2H3/p-1/b24-23-. The highest BCUT2D eigenvalue weighted by Gasteiger charge is 2.17. The molecule has 0 fully saturated rings. The zero-order valence-corrected chi connectivity index (χ0v) is 15.4. The van der Waals surface area contributed by atoms with Crippen molar-refractivity contribution in [2.24, 2.45) is 0 Å². The van der Waals surface area contributed by atoms with Crippen molar-refractivity contribution < 1.29 is 9.84 Å². The number of nitrogens with zero attached hydrogens (tertiary/aromatic N) is 1. The number of ether oxygens (including phenoxy) is 1. The molecule has 1 aromatic heterocycles. The lowest BCUT2D eigenvalue weighted by Gasteiger charge is -2.18. The van der Waals surface area contributed by atoms with Gasteiger partial charge in [0.15, 0.2) is 0 Å². The first-order valence-electron chi connectivity index (χ1n) is 9.08. The van der Waals surface area contributed by atoms with Crippen LogP contribution in [0.1, 0.15) is 18.1 Å². The quantitative estimate of drug-likeness (QED) is 0.724. The van der Waals surface area contributed by atoms with Crippen LogP contribution < -0.4 is 15.7 Å². The van der Waals surface area contributed by atoms with Crippen LogP contribution in [0.15, 0.2) is 60.7 Å². The second-order valence-corrected chi connectivity index (χ2v) is 6.44. The van der Waals surface area contributed by atoms with Gasteiger partial charge in [-0.25, -0.2) is 4.98 Å². The Kier molecular flexibility index (Phi) is 4.51. The molecule has 1 aliphatic carbocycles. The first-order chi connectivity index (χ1) is 13.2. The van der Waals surface area contributed by atoms with Crippen LogP contribution >= 0.6 is 0 Å². The Morgan fingerprint density at radius 1 is 1.04 bits per heavy atom. The van der Waals surface area contributed by atoms with E-state index in [1.54, 1.807) is 0 Å². The van der Waals surface area contributed by atoms with E-state index in [0.29, 0.717) is 12.0 Å². The monoisotopic (exact) mass is 354 g/mol. The third-order valence-corrected chi connectivity index (χ3v) is 4.73. The summed E-state index contributed by atoms with van der Waals surface area (Å²) >= 11 is 0. The molecule has 4 rings (SSSR count). The molecule has 3 heteroatoms. The maximum absolute atomic E-state index is 12.8. The van der Waals surface area contributed by atoms with E-state index in [4.69, 9.17) is 9.72 Å². The number of allylic oxidation sites excluding steroid dienone is 1. The summed E-state index contributed by atoms with van der Waals surface area (Å²) in [7, 11) is 0. The van der Waals surface area contributed by atoms with E-state index < -0.39 is 5.95 Å². The van der Waals surface area contributed by atoms with Gasteiger partial charge in [0.1, 0.15) is 0 Å².